The third-order valence-corrected chi connectivity index (χ3v) is 4.10. The van der Waals surface area contributed by atoms with E-state index in [9.17, 15) is 0 Å². The van der Waals surface area contributed by atoms with Crippen LogP contribution in [0.5, 0.6) is 0 Å². The summed E-state index contributed by atoms with van der Waals surface area (Å²) in [7, 11) is 0. The van der Waals surface area contributed by atoms with Crippen LogP contribution < -0.4 is 0 Å². The van der Waals surface area contributed by atoms with Crippen molar-refractivity contribution in [1.82, 2.24) is 0 Å². The van der Waals surface area contributed by atoms with Crippen LogP contribution in [-0.4, -0.2) is 6.79 Å². The van der Waals surface area contributed by atoms with Crippen molar-refractivity contribution in [3.63, 3.8) is 0 Å². The highest BCUT2D eigenvalue weighted by Crippen LogP contribution is 2.31. The van der Waals surface area contributed by atoms with Gasteiger partial charge in [-0.3, -0.25) is 0 Å². The Hall–Kier alpha value is -2.93. The molecule has 0 aromatic heterocycles. The summed E-state index contributed by atoms with van der Waals surface area (Å²) in [5, 5.41) is 2.62. The van der Waals surface area contributed by atoms with Gasteiger partial charge in [0.05, 0.1) is 0 Å². The van der Waals surface area contributed by atoms with E-state index >= 15 is 0 Å². The molecule has 1 aliphatic rings. The fourth-order valence-corrected chi connectivity index (χ4v) is 3.06. The fraction of sp³-hybridized carbons (Fsp3) is 0.0455. The summed E-state index contributed by atoms with van der Waals surface area (Å²) in [6.07, 6.45) is 7.81. The Bertz CT molecular complexity index is 882. The van der Waals surface area contributed by atoms with Crippen molar-refractivity contribution in [1.29, 1.82) is 0 Å². The van der Waals surface area contributed by atoms with E-state index in [2.05, 4.69) is 85.0 Å². The zero-order valence-corrected chi connectivity index (χ0v) is 12.9. The summed E-state index contributed by atoms with van der Waals surface area (Å²) in [4.78, 5) is 8.00. The minimum Gasteiger partial charge on any atom is -0.307 e. The predicted octanol–water partition coefficient (Wildman–Crippen LogP) is 5.61. The molecule has 0 saturated heterocycles. The van der Waals surface area contributed by atoms with E-state index in [-0.39, 0.29) is 0 Å². The van der Waals surface area contributed by atoms with Crippen molar-refractivity contribution in [2.45, 2.75) is 6.42 Å². The zero-order valence-electron chi connectivity index (χ0n) is 12.9. The molecule has 0 bridgehead atoms. The highest BCUT2D eigenvalue weighted by atomic mass is 16.1. The molecule has 23 heavy (non-hydrogen) atoms. The zero-order chi connectivity index (χ0) is 16.1. The van der Waals surface area contributed by atoms with E-state index in [0.29, 0.717) is 0 Å². The first-order valence-corrected chi connectivity index (χ1v) is 7.65. The van der Waals surface area contributed by atoms with Crippen molar-refractivity contribution >= 4 is 35.3 Å². The quantitative estimate of drug-likeness (QED) is 0.570. The molecule has 0 unspecified atom stereocenters. The number of benzene rings is 3. The Kier molecular flexibility index (Phi) is 4.49. The second-order valence-electron chi connectivity index (χ2n) is 5.43. The Morgan fingerprint density at radius 2 is 1.57 bits per heavy atom. The molecule has 4 rings (SSSR count). The molecule has 1 nitrogen and oxygen atoms in total. The number of rotatable bonds is 1. The van der Waals surface area contributed by atoms with Crippen LogP contribution in [0.1, 0.15) is 23.1 Å². The molecule has 1 heteroatoms. The smallest absolute Gasteiger partial charge is 0.106 e. The van der Waals surface area contributed by atoms with Crippen LogP contribution in [-0.2, 0) is 4.79 Å². The maximum absolute atomic E-state index is 8.00. The number of fused-ring (bicyclic) bond motifs is 2. The lowest BCUT2D eigenvalue weighted by atomic mass is 9.90. The number of carbonyl (C=O) groups is 1. The molecule has 0 aliphatic heterocycles. The number of hydrogen-bond donors (Lipinski definition) is 0. The molecule has 3 aromatic carbocycles. The molecule has 1 aliphatic carbocycles. The molecule has 0 heterocycles. The van der Waals surface area contributed by atoms with Crippen molar-refractivity contribution in [2.75, 3.05) is 0 Å². The topological polar surface area (TPSA) is 17.1 Å². The van der Waals surface area contributed by atoms with Crippen LogP contribution in [0.3, 0.4) is 0 Å². The van der Waals surface area contributed by atoms with Gasteiger partial charge in [-0.05, 0) is 39.5 Å². The second kappa shape index (κ2) is 6.89. The molecular weight excluding hydrogens is 280 g/mol. The van der Waals surface area contributed by atoms with Gasteiger partial charge >= 0.3 is 0 Å². The normalized spacial score (nSPS) is 14.2. The Morgan fingerprint density at radius 1 is 0.826 bits per heavy atom. The molecule has 0 atom stereocenters. The highest BCUT2D eigenvalue weighted by molar-refractivity contribution is 5.97. The summed E-state index contributed by atoms with van der Waals surface area (Å²) >= 11 is 0. The molecule has 0 amide bonds. The van der Waals surface area contributed by atoms with Crippen LogP contribution in [0.25, 0.3) is 28.5 Å². The molecule has 3 aromatic rings. The summed E-state index contributed by atoms with van der Waals surface area (Å²) in [5.74, 6) is 0. The van der Waals surface area contributed by atoms with Crippen LogP contribution in [0.2, 0.25) is 0 Å². The second-order valence-corrected chi connectivity index (χ2v) is 5.43. The molecule has 0 N–H and O–H groups in total. The van der Waals surface area contributed by atoms with E-state index < -0.39 is 0 Å². The Balaban J connectivity index is 0.000000753. The minimum absolute atomic E-state index is 1.00. The third kappa shape index (κ3) is 3.00. The van der Waals surface area contributed by atoms with E-state index in [0.717, 1.165) is 6.42 Å². The van der Waals surface area contributed by atoms with Gasteiger partial charge in [-0.2, -0.15) is 0 Å². The van der Waals surface area contributed by atoms with Crippen LogP contribution in [0, 0.1) is 0 Å². The predicted molar refractivity (Wildman–Crippen MR) is 99.0 cm³/mol. The Labute approximate surface area is 136 Å². The molecule has 0 spiro atoms. The third-order valence-electron chi connectivity index (χ3n) is 4.10. The van der Waals surface area contributed by atoms with Crippen LogP contribution >= 0.6 is 0 Å². The molecule has 112 valence electrons. The standard InChI is InChI=1S/C21H16.CH2O/c1-3-13-20-16(7-1)9-5-11-18(20)15-19-12-6-10-17-8-2-4-14-21(17)19;1-2/h1-11,13-15H,12H2;1H2. The number of hydrogen-bond acceptors (Lipinski definition) is 1. The average molecular weight is 298 g/mol. The van der Waals surface area contributed by atoms with Gasteiger partial charge in [-0.25, -0.2) is 0 Å². The first-order chi connectivity index (χ1) is 11.4. The molecular formula is C22H18O. The molecule has 0 fully saturated rings. The fourth-order valence-electron chi connectivity index (χ4n) is 3.06. The van der Waals surface area contributed by atoms with E-state index in [1.54, 1.807) is 0 Å². The van der Waals surface area contributed by atoms with E-state index in [4.69, 9.17) is 4.79 Å². The van der Waals surface area contributed by atoms with Crippen molar-refractivity contribution < 1.29 is 4.79 Å². The largest absolute Gasteiger partial charge is 0.307 e. The van der Waals surface area contributed by atoms with Gasteiger partial charge in [0.2, 0.25) is 0 Å². The summed E-state index contributed by atoms with van der Waals surface area (Å²) in [5.41, 5.74) is 5.36. The monoisotopic (exact) mass is 298 g/mol. The SMILES string of the molecule is C1=Cc2ccccc2C(=Cc2cccc3ccccc23)C1.C=O. The summed E-state index contributed by atoms with van der Waals surface area (Å²) in [6, 6.07) is 23.7. The first kappa shape index (κ1) is 15.0. The van der Waals surface area contributed by atoms with Gasteiger partial charge in [-0.15, -0.1) is 0 Å². The lowest BCUT2D eigenvalue weighted by Crippen LogP contribution is -1.93. The van der Waals surface area contributed by atoms with Gasteiger partial charge in [0.15, 0.2) is 0 Å². The average Bonchev–Trinajstić information content (AvgIpc) is 2.64. The van der Waals surface area contributed by atoms with Gasteiger partial charge in [0.1, 0.15) is 6.79 Å². The van der Waals surface area contributed by atoms with Gasteiger partial charge < -0.3 is 4.79 Å². The Morgan fingerprint density at radius 3 is 2.48 bits per heavy atom. The maximum Gasteiger partial charge on any atom is 0.106 e. The molecule has 0 radical (unpaired) electrons. The number of carbonyl (C=O) groups excluding carboxylic acids is 1. The first-order valence-electron chi connectivity index (χ1n) is 7.65. The van der Waals surface area contributed by atoms with Crippen molar-refractivity contribution in [3.8, 4) is 0 Å². The lowest BCUT2D eigenvalue weighted by molar-refractivity contribution is -0.0979. The lowest BCUT2D eigenvalue weighted by Gasteiger charge is -2.14. The molecule has 0 saturated carbocycles. The van der Waals surface area contributed by atoms with Crippen LogP contribution in [0.15, 0.2) is 72.8 Å². The van der Waals surface area contributed by atoms with Gasteiger partial charge in [0.25, 0.3) is 0 Å². The van der Waals surface area contributed by atoms with Crippen LogP contribution in [0.4, 0.5) is 0 Å². The van der Waals surface area contributed by atoms with Crippen molar-refractivity contribution in [3.05, 3.63) is 89.5 Å². The maximum atomic E-state index is 8.00. The summed E-state index contributed by atoms with van der Waals surface area (Å²) in [6.45, 7) is 2.00. The highest BCUT2D eigenvalue weighted by Gasteiger charge is 2.09. The summed E-state index contributed by atoms with van der Waals surface area (Å²) < 4.78 is 0. The van der Waals surface area contributed by atoms with E-state index in [1.807, 2.05) is 6.79 Å². The van der Waals surface area contributed by atoms with Gasteiger partial charge in [0, 0.05) is 0 Å². The van der Waals surface area contributed by atoms with E-state index in [1.165, 1.54) is 33.0 Å². The number of allylic oxidation sites excluding steroid dienone is 2. The van der Waals surface area contributed by atoms with Crippen molar-refractivity contribution in [2.24, 2.45) is 0 Å². The van der Waals surface area contributed by atoms with Gasteiger partial charge in [-0.1, -0.05) is 85.0 Å². The minimum atomic E-state index is 1.00.